The van der Waals surface area contributed by atoms with E-state index in [0.29, 0.717) is 12.1 Å². The molecule has 1 rings (SSSR count). The molecule has 23 heavy (non-hydrogen) atoms. The molecule has 1 aromatic carbocycles. The molecule has 0 aliphatic heterocycles. The van der Waals surface area contributed by atoms with Crippen molar-refractivity contribution in [1.82, 2.24) is 0 Å². The van der Waals surface area contributed by atoms with Gasteiger partial charge in [0.25, 0.3) is 15.8 Å². The Morgan fingerprint density at radius 2 is 1.52 bits per heavy atom. The van der Waals surface area contributed by atoms with E-state index in [1.165, 1.54) is 0 Å². The highest BCUT2D eigenvalue weighted by Gasteiger charge is 2.30. The van der Waals surface area contributed by atoms with Gasteiger partial charge < -0.3 is 5.32 Å². The van der Waals surface area contributed by atoms with Crippen LogP contribution in [0.5, 0.6) is 0 Å². The molecule has 0 fully saturated rings. The number of nitro groups is 3. The molecule has 13 nitrogen and oxygen atoms in total. The quantitative estimate of drug-likeness (QED) is 0.304. The van der Waals surface area contributed by atoms with Crippen LogP contribution in [-0.4, -0.2) is 42.6 Å². The second-order valence-corrected chi connectivity index (χ2v) is 5.73. The summed E-state index contributed by atoms with van der Waals surface area (Å²) in [5.41, 5.74) is -3.17. The number of nitrogens with zero attached hydrogens (tertiary/aromatic N) is 3. The molecule has 0 saturated heterocycles. The van der Waals surface area contributed by atoms with Gasteiger partial charge in [-0.1, -0.05) is 0 Å². The molecule has 0 saturated carbocycles. The third-order valence-electron chi connectivity index (χ3n) is 2.39. The molecular formula is C9H10N4O9S. The molecule has 0 amide bonds. The Kier molecular flexibility index (Phi) is 5.47. The predicted molar refractivity (Wildman–Crippen MR) is 75.7 cm³/mol. The summed E-state index contributed by atoms with van der Waals surface area (Å²) in [6, 6.07) is 1.12. The lowest BCUT2D eigenvalue weighted by Gasteiger charge is -2.07. The van der Waals surface area contributed by atoms with Gasteiger partial charge in [0.2, 0.25) is 0 Å². The lowest BCUT2D eigenvalue weighted by molar-refractivity contribution is -0.401. The summed E-state index contributed by atoms with van der Waals surface area (Å²) < 4.78 is 25.9. The Morgan fingerprint density at radius 3 is 1.87 bits per heavy atom. The van der Waals surface area contributed by atoms with Crippen molar-refractivity contribution in [1.29, 1.82) is 0 Å². The van der Waals surface area contributed by atoms with Gasteiger partial charge in [0.1, 0.15) is 0 Å². The summed E-state index contributed by atoms with van der Waals surface area (Å²) in [4.78, 5) is 29.5. The van der Waals surface area contributed by atoms with E-state index in [0.717, 1.165) is 6.26 Å². The minimum absolute atomic E-state index is 0.313. The first kappa shape index (κ1) is 18.2. The summed E-state index contributed by atoms with van der Waals surface area (Å²) >= 11 is 0. The topological polar surface area (TPSA) is 185 Å². The molecule has 1 aromatic rings. The van der Waals surface area contributed by atoms with Crippen molar-refractivity contribution < 1.29 is 27.4 Å². The molecule has 126 valence electrons. The molecule has 0 heterocycles. The summed E-state index contributed by atoms with van der Waals surface area (Å²) in [6.07, 6.45) is 0.782. The summed E-state index contributed by atoms with van der Waals surface area (Å²) in [7, 11) is -3.75. The molecule has 0 unspecified atom stereocenters. The highest BCUT2D eigenvalue weighted by molar-refractivity contribution is 7.85. The van der Waals surface area contributed by atoms with Gasteiger partial charge >= 0.3 is 11.4 Å². The molecule has 0 bridgehead atoms. The first-order chi connectivity index (χ1) is 10.5. The van der Waals surface area contributed by atoms with Gasteiger partial charge in [-0.3, -0.25) is 34.5 Å². The maximum absolute atomic E-state index is 11.0. The Hall–Kier alpha value is -2.87. The van der Waals surface area contributed by atoms with E-state index in [2.05, 4.69) is 9.50 Å². The zero-order valence-electron chi connectivity index (χ0n) is 11.5. The minimum atomic E-state index is -3.75. The van der Waals surface area contributed by atoms with Gasteiger partial charge in [0.05, 0.1) is 39.8 Å². The number of anilines is 1. The van der Waals surface area contributed by atoms with Crippen LogP contribution in [0.25, 0.3) is 0 Å². The van der Waals surface area contributed by atoms with Gasteiger partial charge in [-0.05, 0) is 0 Å². The van der Waals surface area contributed by atoms with Gasteiger partial charge in [-0.15, -0.1) is 0 Å². The summed E-state index contributed by atoms with van der Waals surface area (Å²) in [5, 5.41) is 34.9. The monoisotopic (exact) mass is 350 g/mol. The SMILES string of the molecule is CS(=O)(=O)OCCNc1c([N+](=O)[O-])cc([N+](=O)[O-])cc1[N+](=O)[O-]. The van der Waals surface area contributed by atoms with Crippen LogP contribution in [0.4, 0.5) is 22.7 Å². The smallest absolute Gasteiger partial charge is 0.306 e. The van der Waals surface area contributed by atoms with Crippen molar-refractivity contribution in [3.05, 3.63) is 42.5 Å². The largest absolute Gasteiger partial charge is 0.371 e. The Morgan fingerprint density at radius 1 is 1.04 bits per heavy atom. The number of rotatable bonds is 8. The fraction of sp³-hybridized carbons (Fsp3) is 0.333. The van der Waals surface area contributed by atoms with Crippen LogP contribution in [0.1, 0.15) is 0 Å². The molecule has 0 aliphatic carbocycles. The number of nitro benzene ring substituents is 3. The molecule has 1 N–H and O–H groups in total. The fourth-order valence-electron chi connectivity index (χ4n) is 1.54. The van der Waals surface area contributed by atoms with Crippen molar-refractivity contribution in [3.8, 4) is 0 Å². The van der Waals surface area contributed by atoms with Crippen LogP contribution < -0.4 is 5.32 Å². The van der Waals surface area contributed by atoms with Crippen LogP contribution in [-0.2, 0) is 14.3 Å². The van der Waals surface area contributed by atoms with Gasteiger partial charge in [-0.2, -0.15) is 8.42 Å². The Labute approximate surface area is 128 Å². The number of hydrogen-bond donors (Lipinski definition) is 1. The van der Waals surface area contributed by atoms with Crippen molar-refractivity contribution in [2.75, 3.05) is 24.7 Å². The van der Waals surface area contributed by atoms with Crippen molar-refractivity contribution in [3.63, 3.8) is 0 Å². The molecule has 0 aromatic heterocycles. The van der Waals surface area contributed by atoms with Crippen LogP contribution in [0.15, 0.2) is 12.1 Å². The molecule has 0 spiro atoms. The lowest BCUT2D eigenvalue weighted by atomic mass is 10.2. The lowest BCUT2D eigenvalue weighted by Crippen LogP contribution is -2.15. The highest BCUT2D eigenvalue weighted by Crippen LogP contribution is 2.38. The zero-order valence-corrected chi connectivity index (χ0v) is 12.3. The van der Waals surface area contributed by atoms with Gasteiger partial charge in [-0.25, -0.2) is 0 Å². The van der Waals surface area contributed by atoms with Gasteiger partial charge in [0.15, 0.2) is 5.69 Å². The van der Waals surface area contributed by atoms with Crippen LogP contribution in [0, 0.1) is 30.3 Å². The molecule has 0 radical (unpaired) electrons. The van der Waals surface area contributed by atoms with E-state index in [1.807, 2.05) is 0 Å². The first-order valence-corrected chi connectivity index (χ1v) is 7.54. The molecule has 0 atom stereocenters. The van der Waals surface area contributed by atoms with E-state index >= 15 is 0 Å². The van der Waals surface area contributed by atoms with E-state index in [9.17, 15) is 38.8 Å². The third kappa shape index (κ3) is 5.11. The maximum Gasteiger partial charge on any atom is 0.306 e. The van der Waals surface area contributed by atoms with Gasteiger partial charge in [0, 0.05) is 6.54 Å². The van der Waals surface area contributed by atoms with E-state index in [1.54, 1.807) is 0 Å². The predicted octanol–water partition coefficient (Wildman–Crippen LogP) is 0.799. The molecular weight excluding hydrogens is 340 g/mol. The fourth-order valence-corrected chi connectivity index (χ4v) is 1.93. The second-order valence-electron chi connectivity index (χ2n) is 4.08. The van der Waals surface area contributed by atoms with Crippen LogP contribution in [0.2, 0.25) is 0 Å². The second kappa shape index (κ2) is 6.93. The Bertz CT molecular complexity index is 725. The molecule has 0 aliphatic rings. The minimum Gasteiger partial charge on any atom is -0.371 e. The highest BCUT2D eigenvalue weighted by atomic mass is 32.2. The van der Waals surface area contributed by atoms with Crippen LogP contribution >= 0.6 is 0 Å². The van der Waals surface area contributed by atoms with Crippen LogP contribution in [0.3, 0.4) is 0 Å². The van der Waals surface area contributed by atoms with E-state index in [-0.39, 0.29) is 6.54 Å². The number of hydrogen-bond acceptors (Lipinski definition) is 10. The third-order valence-corrected chi connectivity index (χ3v) is 2.98. The average molecular weight is 350 g/mol. The Balaban J connectivity index is 3.19. The first-order valence-electron chi connectivity index (χ1n) is 5.72. The normalized spacial score (nSPS) is 11.0. The van der Waals surface area contributed by atoms with E-state index < -0.39 is 54.2 Å². The standard InChI is InChI=1S/C9H10N4O9S/c1-23(20,21)22-3-2-10-9-7(12(16)17)4-6(11(14)15)5-8(9)13(18)19/h4-5,10H,2-3H2,1H3. The maximum atomic E-state index is 11.0. The number of nitrogens with one attached hydrogen (secondary N) is 1. The zero-order chi connectivity index (χ0) is 17.8. The van der Waals surface area contributed by atoms with E-state index in [4.69, 9.17) is 0 Å². The number of non-ortho nitro benzene ring substituents is 1. The number of benzene rings is 1. The van der Waals surface area contributed by atoms with Crippen molar-refractivity contribution in [2.24, 2.45) is 0 Å². The average Bonchev–Trinajstić information content (AvgIpc) is 2.41. The van der Waals surface area contributed by atoms with Crippen molar-refractivity contribution in [2.45, 2.75) is 0 Å². The summed E-state index contributed by atoms with van der Waals surface area (Å²) in [5.74, 6) is 0. The summed E-state index contributed by atoms with van der Waals surface area (Å²) in [6.45, 7) is -0.753. The van der Waals surface area contributed by atoms with Crippen molar-refractivity contribution >= 4 is 32.9 Å². The molecule has 14 heteroatoms.